The van der Waals surface area contributed by atoms with E-state index in [9.17, 15) is 14.4 Å². The standard InChI is InChI=1S/C14H18N2O7/c1-15-14(19)16-12(17)7-23-13(18)8-5-10(21-3)11(22-4)6-9(8)20-2/h5-6H,7H2,1-4H3,(H2,15,16,17,19). The van der Waals surface area contributed by atoms with Crippen LogP contribution in [0.2, 0.25) is 0 Å². The number of hydrogen-bond donors (Lipinski definition) is 2. The first kappa shape index (κ1) is 18.1. The lowest BCUT2D eigenvalue weighted by atomic mass is 10.1. The third-order valence-corrected chi connectivity index (χ3v) is 2.74. The monoisotopic (exact) mass is 326 g/mol. The predicted octanol–water partition coefficient (Wildman–Crippen LogP) is 0.325. The van der Waals surface area contributed by atoms with E-state index in [-0.39, 0.29) is 11.3 Å². The van der Waals surface area contributed by atoms with Gasteiger partial charge in [0.2, 0.25) is 0 Å². The molecule has 9 nitrogen and oxygen atoms in total. The molecule has 126 valence electrons. The van der Waals surface area contributed by atoms with Crippen molar-refractivity contribution in [2.75, 3.05) is 35.0 Å². The second-order valence-electron chi connectivity index (χ2n) is 4.11. The van der Waals surface area contributed by atoms with Gasteiger partial charge in [-0.2, -0.15) is 0 Å². The van der Waals surface area contributed by atoms with E-state index < -0.39 is 24.5 Å². The molecular weight excluding hydrogens is 308 g/mol. The number of nitrogens with one attached hydrogen (secondary N) is 2. The molecule has 1 aromatic carbocycles. The minimum Gasteiger partial charge on any atom is -0.496 e. The summed E-state index contributed by atoms with van der Waals surface area (Å²) in [5, 5.41) is 4.16. The number of hydrogen-bond acceptors (Lipinski definition) is 7. The fourth-order valence-corrected chi connectivity index (χ4v) is 1.62. The molecule has 0 spiro atoms. The van der Waals surface area contributed by atoms with Crippen molar-refractivity contribution in [2.24, 2.45) is 0 Å². The summed E-state index contributed by atoms with van der Waals surface area (Å²) in [5.74, 6) is -0.709. The number of methoxy groups -OCH3 is 3. The summed E-state index contributed by atoms with van der Waals surface area (Å²) in [7, 11) is 5.58. The van der Waals surface area contributed by atoms with Crippen LogP contribution >= 0.6 is 0 Å². The maximum absolute atomic E-state index is 12.1. The quantitative estimate of drug-likeness (QED) is 0.724. The molecule has 1 rings (SSSR count). The third-order valence-electron chi connectivity index (χ3n) is 2.74. The highest BCUT2D eigenvalue weighted by atomic mass is 16.5. The van der Waals surface area contributed by atoms with Crippen LogP contribution in [-0.4, -0.2) is 52.9 Å². The molecule has 1 aromatic rings. The molecule has 0 saturated heterocycles. The van der Waals surface area contributed by atoms with Crippen LogP contribution in [0.25, 0.3) is 0 Å². The summed E-state index contributed by atoms with van der Waals surface area (Å²) in [6.45, 7) is -0.621. The van der Waals surface area contributed by atoms with E-state index >= 15 is 0 Å². The Morgan fingerprint density at radius 1 is 0.957 bits per heavy atom. The Labute approximate surface area is 132 Å². The van der Waals surface area contributed by atoms with E-state index in [1.165, 1.54) is 40.5 Å². The molecule has 0 aromatic heterocycles. The SMILES string of the molecule is CNC(=O)NC(=O)COC(=O)c1cc(OC)c(OC)cc1OC. The second kappa shape index (κ2) is 8.47. The van der Waals surface area contributed by atoms with Crippen LogP contribution in [0.4, 0.5) is 4.79 Å². The topological polar surface area (TPSA) is 112 Å². The highest BCUT2D eigenvalue weighted by Gasteiger charge is 2.20. The first-order chi connectivity index (χ1) is 11.0. The first-order valence-electron chi connectivity index (χ1n) is 6.45. The second-order valence-corrected chi connectivity index (χ2v) is 4.11. The van der Waals surface area contributed by atoms with E-state index in [4.69, 9.17) is 18.9 Å². The highest BCUT2D eigenvalue weighted by molar-refractivity contribution is 5.98. The maximum atomic E-state index is 12.1. The van der Waals surface area contributed by atoms with Gasteiger partial charge in [-0.1, -0.05) is 0 Å². The molecule has 0 radical (unpaired) electrons. The fourth-order valence-electron chi connectivity index (χ4n) is 1.62. The Kier molecular flexibility index (Phi) is 6.66. The minimum absolute atomic E-state index is 0.0536. The molecule has 0 aliphatic carbocycles. The number of carbonyl (C=O) groups excluding carboxylic acids is 3. The number of imide groups is 1. The smallest absolute Gasteiger partial charge is 0.342 e. The Balaban J connectivity index is 2.86. The molecule has 0 bridgehead atoms. The Morgan fingerprint density at radius 2 is 1.52 bits per heavy atom. The predicted molar refractivity (Wildman–Crippen MR) is 79.0 cm³/mol. The van der Waals surface area contributed by atoms with Crippen LogP contribution < -0.4 is 24.8 Å². The molecule has 0 heterocycles. The molecule has 2 N–H and O–H groups in total. The number of carbonyl (C=O) groups is 3. The molecule has 0 aliphatic rings. The lowest BCUT2D eigenvalue weighted by Gasteiger charge is -2.13. The molecule has 23 heavy (non-hydrogen) atoms. The minimum atomic E-state index is -0.810. The van der Waals surface area contributed by atoms with Gasteiger partial charge in [-0.25, -0.2) is 9.59 Å². The Hall–Kier alpha value is -2.97. The Bertz CT molecular complexity index is 601. The molecule has 3 amide bonds. The van der Waals surface area contributed by atoms with Gasteiger partial charge in [0.15, 0.2) is 18.1 Å². The summed E-state index contributed by atoms with van der Waals surface area (Å²) >= 11 is 0. The first-order valence-corrected chi connectivity index (χ1v) is 6.45. The van der Waals surface area contributed by atoms with Gasteiger partial charge in [-0.15, -0.1) is 0 Å². The normalized spacial score (nSPS) is 9.57. The van der Waals surface area contributed by atoms with Crippen LogP contribution in [0.3, 0.4) is 0 Å². The number of esters is 1. The Morgan fingerprint density at radius 3 is 2.04 bits per heavy atom. The summed E-state index contributed by atoms with van der Waals surface area (Å²) in [4.78, 5) is 34.4. The van der Waals surface area contributed by atoms with Crippen molar-refractivity contribution < 1.29 is 33.3 Å². The molecular formula is C14H18N2O7. The van der Waals surface area contributed by atoms with Gasteiger partial charge >= 0.3 is 12.0 Å². The molecule has 0 unspecified atom stereocenters. The zero-order valence-electron chi connectivity index (χ0n) is 13.2. The van der Waals surface area contributed by atoms with Crippen LogP contribution in [0, 0.1) is 0 Å². The molecule has 0 aliphatic heterocycles. The molecule has 0 saturated carbocycles. The van der Waals surface area contributed by atoms with Gasteiger partial charge in [-0.3, -0.25) is 10.1 Å². The number of urea groups is 1. The van der Waals surface area contributed by atoms with E-state index in [0.717, 1.165) is 0 Å². The van der Waals surface area contributed by atoms with E-state index in [1.54, 1.807) is 0 Å². The van der Waals surface area contributed by atoms with Gasteiger partial charge in [0.25, 0.3) is 5.91 Å². The van der Waals surface area contributed by atoms with Crippen molar-refractivity contribution in [3.05, 3.63) is 17.7 Å². The van der Waals surface area contributed by atoms with Crippen LogP contribution in [-0.2, 0) is 9.53 Å². The van der Waals surface area contributed by atoms with Gasteiger partial charge in [0.05, 0.1) is 21.3 Å². The van der Waals surface area contributed by atoms with Crippen molar-refractivity contribution in [3.8, 4) is 17.2 Å². The average molecular weight is 326 g/mol. The van der Waals surface area contributed by atoms with Gasteiger partial charge in [-0.05, 0) is 0 Å². The van der Waals surface area contributed by atoms with Crippen molar-refractivity contribution in [1.29, 1.82) is 0 Å². The van der Waals surface area contributed by atoms with E-state index in [0.29, 0.717) is 11.5 Å². The van der Waals surface area contributed by atoms with E-state index in [2.05, 4.69) is 5.32 Å². The van der Waals surface area contributed by atoms with Crippen LogP contribution in [0.5, 0.6) is 17.2 Å². The zero-order valence-corrected chi connectivity index (χ0v) is 13.2. The third kappa shape index (κ3) is 4.77. The van der Waals surface area contributed by atoms with Gasteiger partial charge in [0.1, 0.15) is 11.3 Å². The molecule has 9 heteroatoms. The summed E-state index contributed by atoms with van der Waals surface area (Å²) in [6, 6.07) is 2.13. The molecule has 0 atom stereocenters. The lowest BCUT2D eigenvalue weighted by Crippen LogP contribution is -2.39. The van der Waals surface area contributed by atoms with Crippen LogP contribution in [0.1, 0.15) is 10.4 Å². The summed E-state index contributed by atoms with van der Waals surface area (Å²) in [6.07, 6.45) is 0. The van der Waals surface area contributed by atoms with Gasteiger partial charge < -0.3 is 24.3 Å². The average Bonchev–Trinajstić information content (AvgIpc) is 2.57. The zero-order chi connectivity index (χ0) is 17.4. The number of amides is 3. The number of benzene rings is 1. The van der Waals surface area contributed by atoms with Crippen molar-refractivity contribution in [1.82, 2.24) is 10.6 Å². The van der Waals surface area contributed by atoms with Crippen molar-refractivity contribution in [2.45, 2.75) is 0 Å². The van der Waals surface area contributed by atoms with Gasteiger partial charge in [0, 0.05) is 19.2 Å². The number of ether oxygens (including phenoxy) is 4. The lowest BCUT2D eigenvalue weighted by molar-refractivity contribution is -0.123. The fraction of sp³-hybridized carbons (Fsp3) is 0.357. The molecule has 0 fully saturated rings. The van der Waals surface area contributed by atoms with Crippen molar-refractivity contribution >= 4 is 17.9 Å². The maximum Gasteiger partial charge on any atom is 0.342 e. The number of rotatable bonds is 6. The van der Waals surface area contributed by atoms with Crippen molar-refractivity contribution in [3.63, 3.8) is 0 Å². The highest BCUT2D eigenvalue weighted by Crippen LogP contribution is 2.34. The summed E-state index contributed by atoms with van der Waals surface area (Å²) < 4.78 is 20.1. The van der Waals surface area contributed by atoms with E-state index in [1.807, 2.05) is 5.32 Å². The largest absolute Gasteiger partial charge is 0.496 e. The summed E-state index contributed by atoms with van der Waals surface area (Å²) in [5.41, 5.74) is 0.0536. The van der Waals surface area contributed by atoms with Crippen LogP contribution in [0.15, 0.2) is 12.1 Å².